The maximum Gasteiger partial charge on any atom is 0.346 e. The van der Waals surface area contributed by atoms with Crippen molar-refractivity contribution in [2.75, 3.05) is 6.23 Å². The summed E-state index contributed by atoms with van der Waals surface area (Å²) in [5.41, 5.74) is 1.09. The molecule has 1 heterocycles. The van der Waals surface area contributed by atoms with Gasteiger partial charge in [0.05, 0.1) is 30.0 Å². The Hall–Kier alpha value is -1.76. The van der Waals surface area contributed by atoms with Crippen LogP contribution in [0.2, 0.25) is 29.7 Å². The highest BCUT2D eigenvalue weighted by Gasteiger charge is 2.22. The number of nitrogens with zero attached hydrogens (tertiary/aromatic N) is 1. The van der Waals surface area contributed by atoms with Crippen molar-refractivity contribution in [3.8, 4) is 22.8 Å². The molecule has 1 aromatic heterocycles. The number of phenols is 1. The minimum atomic E-state index is -1.50. The summed E-state index contributed by atoms with van der Waals surface area (Å²) in [6, 6.07) is 6.29. The molecule has 1 aromatic carbocycles. The number of aromatic hydroxyl groups is 1. The first kappa shape index (κ1) is 20.5. The maximum atomic E-state index is 12.0. The standard InChI is InChI=1S/C18H21Cl2NO4Si/c1-11(18(23)24-10-26(2,3)4)25-16-6-5-12(7-15(16)22)17-14(20)8-13(19)9-21-17/h5-9,11,22H,10H2,1-4H3. The zero-order valence-corrected chi connectivity index (χ0v) is 17.6. The quantitative estimate of drug-likeness (QED) is 0.535. The van der Waals surface area contributed by atoms with Gasteiger partial charge in [0.2, 0.25) is 0 Å². The summed E-state index contributed by atoms with van der Waals surface area (Å²) in [5.74, 6) is -0.408. The van der Waals surface area contributed by atoms with Crippen molar-refractivity contribution in [1.82, 2.24) is 4.98 Å². The summed E-state index contributed by atoms with van der Waals surface area (Å²) in [7, 11) is -1.50. The number of hydrogen-bond donors (Lipinski definition) is 1. The number of pyridine rings is 1. The summed E-state index contributed by atoms with van der Waals surface area (Å²) in [6.07, 6.45) is 1.06. The van der Waals surface area contributed by atoms with Gasteiger partial charge in [0.1, 0.15) is 0 Å². The van der Waals surface area contributed by atoms with Gasteiger partial charge in [-0.2, -0.15) is 0 Å². The second kappa shape index (κ2) is 8.29. The number of ether oxygens (including phenoxy) is 2. The lowest BCUT2D eigenvalue weighted by Crippen LogP contribution is -2.34. The van der Waals surface area contributed by atoms with E-state index in [-0.39, 0.29) is 11.5 Å². The Morgan fingerprint density at radius 2 is 1.96 bits per heavy atom. The van der Waals surface area contributed by atoms with Crippen molar-refractivity contribution in [3.63, 3.8) is 0 Å². The highest BCUT2D eigenvalue weighted by atomic mass is 35.5. The number of aromatic nitrogens is 1. The number of esters is 1. The largest absolute Gasteiger partial charge is 0.504 e. The van der Waals surface area contributed by atoms with Crippen LogP contribution in [-0.2, 0) is 9.53 Å². The van der Waals surface area contributed by atoms with Crippen molar-refractivity contribution in [3.05, 3.63) is 40.5 Å². The van der Waals surface area contributed by atoms with E-state index in [0.717, 1.165) is 0 Å². The van der Waals surface area contributed by atoms with Crippen LogP contribution in [0.5, 0.6) is 11.5 Å². The molecule has 1 unspecified atom stereocenters. The van der Waals surface area contributed by atoms with Crippen molar-refractivity contribution in [1.29, 1.82) is 0 Å². The first-order valence-corrected chi connectivity index (χ1v) is 12.5. The van der Waals surface area contributed by atoms with Gasteiger partial charge in [0.15, 0.2) is 17.6 Å². The maximum absolute atomic E-state index is 12.0. The minimum Gasteiger partial charge on any atom is -0.504 e. The zero-order valence-electron chi connectivity index (χ0n) is 15.0. The van der Waals surface area contributed by atoms with Crippen molar-refractivity contribution in [2.45, 2.75) is 32.7 Å². The van der Waals surface area contributed by atoms with Crippen LogP contribution >= 0.6 is 23.2 Å². The van der Waals surface area contributed by atoms with Crippen LogP contribution in [0.1, 0.15) is 6.92 Å². The predicted octanol–water partition coefficient (Wildman–Crippen LogP) is 4.95. The molecular weight excluding hydrogens is 393 g/mol. The van der Waals surface area contributed by atoms with Crippen molar-refractivity contribution < 1.29 is 19.4 Å². The summed E-state index contributed by atoms with van der Waals surface area (Å²) >= 11 is 12.0. The van der Waals surface area contributed by atoms with E-state index in [1.807, 2.05) is 0 Å². The number of carbonyl (C=O) groups is 1. The fraction of sp³-hybridized carbons (Fsp3) is 0.333. The lowest BCUT2D eigenvalue weighted by atomic mass is 10.1. The zero-order chi connectivity index (χ0) is 19.5. The van der Waals surface area contributed by atoms with Crippen LogP contribution in [0.15, 0.2) is 30.5 Å². The molecule has 0 saturated heterocycles. The number of hydrogen-bond acceptors (Lipinski definition) is 5. The Morgan fingerprint density at radius 3 is 2.54 bits per heavy atom. The van der Waals surface area contributed by atoms with Crippen molar-refractivity contribution >= 4 is 37.2 Å². The fourth-order valence-electron chi connectivity index (χ4n) is 2.03. The molecule has 0 bridgehead atoms. The summed E-state index contributed by atoms with van der Waals surface area (Å²) in [4.78, 5) is 16.2. The average molecular weight is 414 g/mol. The highest BCUT2D eigenvalue weighted by molar-refractivity contribution is 6.76. The monoisotopic (exact) mass is 413 g/mol. The van der Waals surface area contributed by atoms with E-state index in [9.17, 15) is 9.90 Å². The second-order valence-corrected chi connectivity index (χ2v) is 13.3. The molecule has 0 aliphatic carbocycles. The molecule has 0 aliphatic rings. The average Bonchev–Trinajstić information content (AvgIpc) is 2.53. The first-order valence-electron chi connectivity index (χ1n) is 8.04. The van der Waals surface area contributed by atoms with E-state index in [0.29, 0.717) is 27.5 Å². The molecule has 5 nitrogen and oxygen atoms in total. The molecule has 0 aliphatic heterocycles. The Bertz CT molecular complexity index is 808. The Kier molecular flexibility index (Phi) is 6.55. The van der Waals surface area contributed by atoms with Gasteiger partial charge < -0.3 is 14.6 Å². The first-order chi connectivity index (χ1) is 12.1. The summed E-state index contributed by atoms with van der Waals surface area (Å²) < 4.78 is 10.8. The van der Waals surface area contributed by atoms with Crippen LogP contribution < -0.4 is 4.74 Å². The van der Waals surface area contributed by atoms with E-state index in [1.54, 1.807) is 25.1 Å². The lowest BCUT2D eigenvalue weighted by Gasteiger charge is -2.19. The number of benzene rings is 1. The van der Waals surface area contributed by atoms with Gasteiger partial charge in [-0.3, -0.25) is 4.98 Å². The molecule has 1 atom stereocenters. The molecule has 0 spiro atoms. The molecule has 0 radical (unpaired) electrons. The molecule has 8 heteroatoms. The Labute approximate surface area is 163 Å². The third-order valence-corrected chi connectivity index (χ3v) is 4.83. The van der Waals surface area contributed by atoms with Crippen LogP contribution in [0, 0.1) is 0 Å². The molecule has 2 aromatic rings. The lowest BCUT2D eigenvalue weighted by molar-refractivity contribution is -0.149. The Balaban J connectivity index is 2.11. The van der Waals surface area contributed by atoms with E-state index in [4.69, 9.17) is 32.7 Å². The highest BCUT2D eigenvalue weighted by Crippen LogP contribution is 2.34. The van der Waals surface area contributed by atoms with Crippen molar-refractivity contribution in [2.24, 2.45) is 0 Å². The minimum absolute atomic E-state index is 0.125. The molecule has 1 N–H and O–H groups in total. The van der Waals surface area contributed by atoms with Gasteiger partial charge in [0.25, 0.3) is 0 Å². The normalized spacial score (nSPS) is 12.5. The van der Waals surface area contributed by atoms with Gasteiger partial charge in [-0.25, -0.2) is 4.79 Å². The molecule has 0 saturated carbocycles. The SMILES string of the molecule is CC(Oc1ccc(-c2ncc(Cl)cc2Cl)cc1O)C(=O)OC[Si](C)(C)C. The van der Waals surface area contributed by atoms with Gasteiger partial charge in [0, 0.05) is 11.8 Å². The van der Waals surface area contributed by atoms with Gasteiger partial charge in [-0.15, -0.1) is 0 Å². The van der Waals surface area contributed by atoms with Gasteiger partial charge in [-0.05, 0) is 31.2 Å². The smallest absolute Gasteiger partial charge is 0.346 e. The number of rotatable bonds is 6. The number of carbonyl (C=O) groups excluding carboxylic acids is 1. The Morgan fingerprint density at radius 1 is 1.27 bits per heavy atom. The summed E-state index contributed by atoms with van der Waals surface area (Å²) in [6.45, 7) is 7.89. The molecule has 140 valence electrons. The summed E-state index contributed by atoms with van der Waals surface area (Å²) in [5, 5.41) is 11.0. The molecule has 0 fully saturated rings. The van der Waals surface area contributed by atoms with Crippen LogP contribution in [0.4, 0.5) is 0 Å². The van der Waals surface area contributed by atoms with Gasteiger partial charge >= 0.3 is 5.97 Å². The predicted molar refractivity (Wildman–Crippen MR) is 106 cm³/mol. The van der Waals surface area contributed by atoms with Crippen LogP contribution in [0.3, 0.4) is 0 Å². The van der Waals surface area contributed by atoms with E-state index in [1.165, 1.54) is 12.3 Å². The third-order valence-electron chi connectivity index (χ3n) is 3.32. The van der Waals surface area contributed by atoms with E-state index in [2.05, 4.69) is 24.6 Å². The fourth-order valence-corrected chi connectivity index (χ4v) is 3.10. The molecular formula is C18H21Cl2NO4Si. The topological polar surface area (TPSA) is 68.7 Å². The number of phenolic OH excluding ortho intramolecular Hbond substituents is 1. The van der Waals surface area contributed by atoms with Crippen LogP contribution in [-0.4, -0.2) is 36.5 Å². The molecule has 26 heavy (non-hydrogen) atoms. The molecule has 0 amide bonds. The van der Waals surface area contributed by atoms with Crippen LogP contribution in [0.25, 0.3) is 11.3 Å². The van der Waals surface area contributed by atoms with E-state index >= 15 is 0 Å². The van der Waals surface area contributed by atoms with Gasteiger partial charge in [-0.1, -0.05) is 42.8 Å². The molecule has 2 rings (SSSR count). The third kappa shape index (κ3) is 5.62. The second-order valence-electron chi connectivity index (χ2n) is 7.09. The number of halogens is 2. The van der Waals surface area contributed by atoms with E-state index < -0.39 is 20.1 Å².